The molecule has 1 atom stereocenters. The van der Waals surface area contributed by atoms with Crippen LogP contribution in [-0.2, 0) is 0 Å². The average molecular weight is 256 g/mol. The first-order valence-electron chi connectivity index (χ1n) is 5.48. The molecule has 0 radical (unpaired) electrons. The van der Waals surface area contributed by atoms with E-state index in [4.69, 9.17) is 22.1 Å². The Bertz CT molecular complexity index is 419. The normalized spacial score (nSPS) is 19.2. The zero-order valence-electron chi connectivity index (χ0n) is 9.28. The van der Waals surface area contributed by atoms with E-state index in [2.05, 4.69) is 10.3 Å². The highest BCUT2D eigenvalue weighted by atomic mass is 35.5. The summed E-state index contributed by atoms with van der Waals surface area (Å²) < 4.78 is 5.55. The van der Waals surface area contributed by atoms with Crippen molar-refractivity contribution in [2.75, 3.05) is 13.2 Å². The molecular formula is C11H14ClN3O2. The molecule has 2 rings (SSSR count). The third kappa shape index (κ3) is 3.08. The fraction of sp³-hybridized carbons (Fsp3) is 0.455. The van der Waals surface area contributed by atoms with Crippen molar-refractivity contribution >= 4 is 17.5 Å². The topological polar surface area (TPSA) is 77.2 Å². The van der Waals surface area contributed by atoms with Crippen molar-refractivity contribution in [3.8, 4) is 5.75 Å². The second-order valence-electron chi connectivity index (χ2n) is 3.97. The summed E-state index contributed by atoms with van der Waals surface area (Å²) in [4.78, 5) is 15.0. The maximum atomic E-state index is 11.2. The summed E-state index contributed by atoms with van der Waals surface area (Å²) in [6.45, 7) is 1.49. The number of hydrogen-bond donors (Lipinski definition) is 2. The Morgan fingerprint density at radius 1 is 1.71 bits per heavy atom. The number of rotatable bonds is 4. The van der Waals surface area contributed by atoms with Gasteiger partial charge in [-0.1, -0.05) is 11.6 Å². The molecule has 3 N–H and O–H groups in total. The average Bonchev–Trinajstić information content (AvgIpc) is 2.78. The lowest BCUT2D eigenvalue weighted by atomic mass is 10.2. The zero-order chi connectivity index (χ0) is 12.3. The van der Waals surface area contributed by atoms with Crippen molar-refractivity contribution in [3.05, 3.63) is 23.0 Å². The lowest BCUT2D eigenvalue weighted by Gasteiger charge is -2.13. The van der Waals surface area contributed by atoms with Gasteiger partial charge in [0.1, 0.15) is 6.61 Å². The maximum Gasteiger partial charge on any atom is 0.271 e. The first kappa shape index (κ1) is 12.1. The monoisotopic (exact) mass is 255 g/mol. The van der Waals surface area contributed by atoms with Gasteiger partial charge < -0.3 is 15.8 Å². The van der Waals surface area contributed by atoms with Crippen LogP contribution in [-0.4, -0.2) is 30.1 Å². The zero-order valence-corrected chi connectivity index (χ0v) is 10.0. The Kier molecular flexibility index (Phi) is 3.81. The molecule has 1 saturated heterocycles. The third-order valence-electron chi connectivity index (χ3n) is 2.66. The number of nitrogens with zero attached hydrogens (tertiary/aromatic N) is 1. The van der Waals surface area contributed by atoms with E-state index in [1.165, 1.54) is 6.20 Å². The largest absolute Gasteiger partial charge is 0.489 e. The van der Waals surface area contributed by atoms with Gasteiger partial charge in [-0.2, -0.15) is 0 Å². The summed E-state index contributed by atoms with van der Waals surface area (Å²) in [6.07, 6.45) is 3.59. The van der Waals surface area contributed by atoms with Gasteiger partial charge in [0.25, 0.3) is 5.91 Å². The molecule has 0 bridgehead atoms. The van der Waals surface area contributed by atoms with Gasteiger partial charge >= 0.3 is 0 Å². The maximum absolute atomic E-state index is 11.2. The standard InChI is InChI=1S/C11H14ClN3O2/c12-7-4-9(10(11(13)16)15-5-7)17-6-8-2-1-3-14-8/h4-5,8,14H,1-3,6H2,(H2,13,16). The molecule has 1 amide bonds. The smallest absolute Gasteiger partial charge is 0.271 e. The van der Waals surface area contributed by atoms with Crippen molar-refractivity contribution in [1.82, 2.24) is 10.3 Å². The van der Waals surface area contributed by atoms with E-state index in [-0.39, 0.29) is 5.69 Å². The van der Waals surface area contributed by atoms with Crippen LogP contribution in [0.15, 0.2) is 12.3 Å². The van der Waals surface area contributed by atoms with Crippen molar-refractivity contribution in [1.29, 1.82) is 0 Å². The summed E-state index contributed by atoms with van der Waals surface area (Å²) in [5.41, 5.74) is 5.33. The number of halogens is 1. The SMILES string of the molecule is NC(=O)c1ncc(Cl)cc1OCC1CCCN1. The molecule has 1 unspecified atom stereocenters. The van der Waals surface area contributed by atoms with Gasteiger partial charge in [0.2, 0.25) is 0 Å². The highest BCUT2D eigenvalue weighted by molar-refractivity contribution is 6.30. The van der Waals surface area contributed by atoms with E-state index in [1.54, 1.807) is 6.07 Å². The minimum Gasteiger partial charge on any atom is -0.489 e. The number of ether oxygens (including phenoxy) is 1. The number of aromatic nitrogens is 1. The molecule has 0 aromatic carbocycles. The Balaban J connectivity index is 2.07. The van der Waals surface area contributed by atoms with Crippen LogP contribution in [0, 0.1) is 0 Å². The van der Waals surface area contributed by atoms with Crippen molar-refractivity contribution < 1.29 is 9.53 Å². The molecule has 0 saturated carbocycles. The number of nitrogens with two attached hydrogens (primary N) is 1. The fourth-order valence-corrected chi connectivity index (χ4v) is 1.95. The molecule has 0 spiro atoms. The lowest BCUT2D eigenvalue weighted by molar-refractivity contribution is 0.0990. The van der Waals surface area contributed by atoms with Crippen LogP contribution in [0.2, 0.25) is 5.02 Å². The van der Waals surface area contributed by atoms with E-state index in [0.29, 0.717) is 23.4 Å². The molecule has 17 heavy (non-hydrogen) atoms. The summed E-state index contributed by atoms with van der Waals surface area (Å²) in [5.74, 6) is -0.269. The molecule has 1 fully saturated rings. The second kappa shape index (κ2) is 5.33. The van der Waals surface area contributed by atoms with Crippen LogP contribution in [0.3, 0.4) is 0 Å². The summed E-state index contributed by atoms with van der Waals surface area (Å²) in [6, 6.07) is 1.87. The van der Waals surface area contributed by atoms with Gasteiger partial charge in [-0.25, -0.2) is 4.98 Å². The van der Waals surface area contributed by atoms with Gasteiger partial charge in [0.15, 0.2) is 11.4 Å². The number of carbonyl (C=O) groups is 1. The van der Waals surface area contributed by atoms with E-state index in [0.717, 1.165) is 19.4 Å². The van der Waals surface area contributed by atoms with Crippen molar-refractivity contribution in [2.45, 2.75) is 18.9 Å². The highest BCUT2D eigenvalue weighted by Gasteiger charge is 2.17. The molecule has 1 aromatic rings. The summed E-state index contributed by atoms with van der Waals surface area (Å²) in [7, 11) is 0. The molecule has 1 aromatic heterocycles. The van der Waals surface area contributed by atoms with Gasteiger partial charge in [0, 0.05) is 18.3 Å². The lowest BCUT2D eigenvalue weighted by Crippen LogP contribution is -2.28. The minimum atomic E-state index is -0.615. The molecule has 1 aliphatic heterocycles. The summed E-state index contributed by atoms with van der Waals surface area (Å²) in [5, 5.41) is 3.72. The van der Waals surface area contributed by atoms with Gasteiger partial charge in [0.05, 0.1) is 5.02 Å². The van der Waals surface area contributed by atoms with Crippen LogP contribution in [0.5, 0.6) is 5.75 Å². The van der Waals surface area contributed by atoms with Crippen LogP contribution < -0.4 is 15.8 Å². The van der Waals surface area contributed by atoms with Crippen LogP contribution >= 0.6 is 11.6 Å². The summed E-state index contributed by atoms with van der Waals surface area (Å²) >= 11 is 5.81. The van der Waals surface area contributed by atoms with E-state index >= 15 is 0 Å². The number of pyridine rings is 1. The quantitative estimate of drug-likeness (QED) is 0.840. The number of carbonyl (C=O) groups excluding carboxylic acids is 1. The number of hydrogen-bond acceptors (Lipinski definition) is 4. The second-order valence-corrected chi connectivity index (χ2v) is 4.41. The molecule has 1 aliphatic rings. The predicted molar refractivity (Wildman–Crippen MR) is 64.3 cm³/mol. The minimum absolute atomic E-state index is 0.118. The van der Waals surface area contributed by atoms with E-state index in [1.807, 2.05) is 0 Å². The Morgan fingerprint density at radius 2 is 2.53 bits per heavy atom. The molecule has 92 valence electrons. The first-order chi connectivity index (χ1) is 8.16. The molecule has 6 heteroatoms. The van der Waals surface area contributed by atoms with E-state index < -0.39 is 5.91 Å². The van der Waals surface area contributed by atoms with E-state index in [9.17, 15) is 4.79 Å². The van der Waals surface area contributed by atoms with Crippen molar-refractivity contribution in [3.63, 3.8) is 0 Å². The molecule has 2 heterocycles. The molecule has 0 aliphatic carbocycles. The Labute approximate surface area is 104 Å². The van der Waals surface area contributed by atoms with Gasteiger partial charge in [-0.05, 0) is 19.4 Å². The van der Waals surface area contributed by atoms with Gasteiger partial charge in [-0.3, -0.25) is 4.79 Å². The molecule has 5 nitrogen and oxygen atoms in total. The van der Waals surface area contributed by atoms with Crippen LogP contribution in [0.4, 0.5) is 0 Å². The van der Waals surface area contributed by atoms with Crippen LogP contribution in [0.25, 0.3) is 0 Å². The Morgan fingerprint density at radius 3 is 3.18 bits per heavy atom. The molecular weight excluding hydrogens is 242 g/mol. The number of nitrogens with one attached hydrogen (secondary N) is 1. The Hall–Kier alpha value is -1.33. The number of amides is 1. The van der Waals surface area contributed by atoms with Crippen LogP contribution in [0.1, 0.15) is 23.3 Å². The third-order valence-corrected chi connectivity index (χ3v) is 2.86. The predicted octanol–water partition coefficient (Wildman–Crippen LogP) is 0.965. The first-order valence-corrected chi connectivity index (χ1v) is 5.86. The highest BCUT2D eigenvalue weighted by Crippen LogP contribution is 2.21. The van der Waals surface area contributed by atoms with Gasteiger partial charge in [-0.15, -0.1) is 0 Å². The number of primary amides is 1. The fourth-order valence-electron chi connectivity index (χ4n) is 1.81. The van der Waals surface area contributed by atoms with Crippen molar-refractivity contribution in [2.24, 2.45) is 5.73 Å².